The molecular weight excluding hydrogens is 240 g/mol. The highest BCUT2D eigenvalue weighted by molar-refractivity contribution is 5.94. The molecule has 0 spiro atoms. The number of carbonyl (C=O) groups excluding carboxylic acids is 3. The van der Waals surface area contributed by atoms with Gasteiger partial charge in [0.1, 0.15) is 0 Å². The molecule has 0 aromatic heterocycles. The fourth-order valence-electron chi connectivity index (χ4n) is 1.37. The van der Waals surface area contributed by atoms with Gasteiger partial charge in [-0.3, -0.25) is 14.4 Å². The van der Waals surface area contributed by atoms with Crippen LogP contribution in [0.4, 0.5) is 0 Å². The molecule has 0 amide bonds. The SMILES string of the molecule is CCOC(=O)C(CCCC(=O)OC)C(=O)OCC. The maximum absolute atomic E-state index is 11.6. The summed E-state index contributed by atoms with van der Waals surface area (Å²) in [4.78, 5) is 34.1. The molecule has 0 bridgehead atoms. The van der Waals surface area contributed by atoms with Gasteiger partial charge in [0.25, 0.3) is 0 Å². The minimum Gasteiger partial charge on any atom is -0.469 e. The first-order valence-electron chi connectivity index (χ1n) is 5.96. The average Bonchev–Trinajstić information content (AvgIpc) is 2.34. The van der Waals surface area contributed by atoms with Crippen molar-refractivity contribution in [3.63, 3.8) is 0 Å². The van der Waals surface area contributed by atoms with Gasteiger partial charge < -0.3 is 14.2 Å². The number of hydrogen-bond donors (Lipinski definition) is 0. The average molecular weight is 260 g/mol. The summed E-state index contributed by atoms with van der Waals surface area (Å²) in [5, 5.41) is 0. The monoisotopic (exact) mass is 260 g/mol. The van der Waals surface area contributed by atoms with Crippen LogP contribution in [0.25, 0.3) is 0 Å². The number of methoxy groups -OCH3 is 1. The molecule has 0 aliphatic rings. The molecular formula is C12H20O6. The molecule has 0 unspecified atom stereocenters. The lowest BCUT2D eigenvalue weighted by atomic mass is 10.0. The Balaban J connectivity index is 4.33. The topological polar surface area (TPSA) is 78.9 Å². The highest BCUT2D eigenvalue weighted by Gasteiger charge is 2.29. The van der Waals surface area contributed by atoms with Crippen molar-refractivity contribution >= 4 is 17.9 Å². The Labute approximate surface area is 107 Å². The molecule has 0 aromatic rings. The molecule has 6 nitrogen and oxygen atoms in total. The second-order valence-corrected chi connectivity index (χ2v) is 3.53. The molecule has 0 fully saturated rings. The highest BCUT2D eigenvalue weighted by Crippen LogP contribution is 2.13. The van der Waals surface area contributed by atoms with Crippen molar-refractivity contribution in [2.45, 2.75) is 33.1 Å². The summed E-state index contributed by atoms with van der Waals surface area (Å²) in [5.41, 5.74) is 0. The first-order valence-corrected chi connectivity index (χ1v) is 5.96. The van der Waals surface area contributed by atoms with Crippen LogP contribution >= 0.6 is 0 Å². The minimum absolute atomic E-state index is 0.159. The van der Waals surface area contributed by atoms with Crippen molar-refractivity contribution in [1.82, 2.24) is 0 Å². The van der Waals surface area contributed by atoms with E-state index in [0.717, 1.165) is 0 Å². The summed E-state index contributed by atoms with van der Waals surface area (Å²) in [6.07, 6.45) is 0.744. The van der Waals surface area contributed by atoms with Crippen LogP contribution in [0.2, 0.25) is 0 Å². The van der Waals surface area contributed by atoms with E-state index in [1.165, 1.54) is 7.11 Å². The van der Waals surface area contributed by atoms with E-state index in [9.17, 15) is 14.4 Å². The van der Waals surface area contributed by atoms with Gasteiger partial charge in [0.15, 0.2) is 5.92 Å². The van der Waals surface area contributed by atoms with Crippen molar-refractivity contribution < 1.29 is 28.6 Å². The maximum atomic E-state index is 11.6. The van der Waals surface area contributed by atoms with E-state index < -0.39 is 17.9 Å². The van der Waals surface area contributed by atoms with Gasteiger partial charge in [-0.1, -0.05) is 0 Å². The van der Waals surface area contributed by atoms with Gasteiger partial charge >= 0.3 is 17.9 Å². The third kappa shape index (κ3) is 6.22. The third-order valence-electron chi connectivity index (χ3n) is 2.24. The number of rotatable bonds is 8. The van der Waals surface area contributed by atoms with E-state index in [4.69, 9.17) is 9.47 Å². The molecule has 0 saturated carbocycles. The molecule has 0 radical (unpaired) electrons. The summed E-state index contributed by atoms with van der Waals surface area (Å²) in [5.74, 6) is -2.56. The zero-order chi connectivity index (χ0) is 14.0. The smallest absolute Gasteiger partial charge is 0.320 e. The summed E-state index contributed by atoms with van der Waals surface area (Å²) < 4.78 is 14.1. The van der Waals surface area contributed by atoms with E-state index >= 15 is 0 Å². The summed E-state index contributed by atoms with van der Waals surface area (Å²) >= 11 is 0. The third-order valence-corrected chi connectivity index (χ3v) is 2.24. The molecule has 0 aliphatic carbocycles. The lowest BCUT2D eigenvalue weighted by Crippen LogP contribution is -2.28. The van der Waals surface area contributed by atoms with Crippen LogP contribution in [0.5, 0.6) is 0 Å². The Kier molecular flexibility index (Phi) is 8.61. The molecule has 104 valence electrons. The molecule has 0 heterocycles. The fraction of sp³-hybridized carbons (Fsp3) is 0.750. The number of esters is 3. The van der Waals surface area contributed by atoms with E-state index in [-0.39, 0.29) is 32.0 Å². The molecule has 0 N–H and O–H groups in total. The van der Waals surface area contributed by atoms with E-state index in [2.05, 4.69) is 4.74 Å². The van der Waals surface area contributed by atoms with Crippen molar-refractivity contribution in [3.05, 3.63) is 0 Å². The summed E-state index contributed by atoms with van der Waals surface area (Å²) in [7, 11) is 1.29. The van der Waals surface area contributed by atoms with Gasteiger partial charge in [0.2, 0.25) is 0 Å². The van der Waals surface area contributed by atoms with Crippen molar-refractivity contribution in [1.29, 1.82) is 0 Å². The fourth-order valence-corrected chi connectivity index (χ4v) is 1.37. The molecule has 0 saturated heterocycles. The first-order chi connectivity index (χ1) is 8.56. The van der Waals surface area contributed by atoms with Crippen LogP contribution in [-0.4, -0.2) is 38.2 Å². The molecule has 6 heteroatoms. The Morgan fingerprint density at radius 1 is 1.00 bits per heavy atom. The molecule has 0 atom stereocenters. The maximum Gasteiger partial charge on any atom is 0.320 e. The van der Waals surface area contributed by atoms with Crippen molar-refractivity contribution in [3.8, 4) is 0 Å². The van der Waals surface area contributed by atoms with E-state index in [1.807, 2.05) is 0 Å². The van der Waals surface area contributed by atoms with Crippen LogP contribution in [0.15, 0.2) is 0 Å². The van der Waals surface area contributed by atoms with Crippen molar-refractivity contribution in [2.24, 2.45) is 5.92 Å². The first kappa shape index (κ1) is 16.4. The van der Waals surface area contributed by atoms with Gasteiger partial charge in [-0.2, -0.15) is 0 Å². The largest absolute Gasteiger partial charge is 0.469 e. The number of carbonyl (C=O) groups is 3. The van der Waals surface area contributed by atoms with Crippen LogP contribution in [-0.2, 0) is 28.6 Å². The second-order valence-electron chi connectivity index (χ2n) is 3.53. The molecule has 0 aromatic carbocycles. The zero-order valence-corrected chi connectivity index (χ0v) is 11.1. The van der Waals surface area contributed by atoms with Crippen LogP contribution in [0, 0.1) is 5.92 Å². The van der Waals surface area contributed by atoms with E-state index in [1.54, 1.807) is 13.8 Å². The van der Waals surface area contributed by atoms with Gasteiger partial charge in [-0.15, -0.1) is 0 Å². The summed E-state index contributed by atoms with van der Waals surface area (Å²) in [6.45, 7) is 3.72. The highest BCUT2D eigenvalue weighted by atomic mass is 16.6. The van der Waals surface area contributed by atoms with Gasteiger partial charge in [0, 0.05) is 6.42 Å². The minimum atomic E-state index is -0.963. The Morgan fingerprint density at radius 3 is 1.89 bits per heavy atom. The van der Waals surface area contributed by atoms with Gasteiger partial charge in [-0.25, -0.2) is 0 Å². The lowest BCUT2D eigenvalue weighted by molar-refractivity contribution is -0.162. The summed E-state index contributed by atoms with van der Waals surface area (Å²) in [6, 6.07) is 0. The predicted molar refractivity (Wildman–Crippen MR) is 62.6 cm³/mol. The lowest BCUT2D eigenvalue weighted by Gasteiger charge is -2.13. The molecule has 0 aliphatic heterocycles. The van der Waals surface area contributed by atoms with Gasteiger partial charge in [0.05, 0.1) is 20.3 Å². The Morgan fingerprint density at radius 2 is 1.50 bits per heavy atom. The van der Waals surface area contributed by atoms with Gasteiger partial charge in [-0.05, 0) is 26.7 Å². The van der Waals surface area contributed by atoms with Crippen LogP contribution < -0.4 is 0 Å². The molecule has 18 heavy (non-hydrogen) atoms. The number of hydrogen-bond acceptors (Lipinski definition) is 6. The molecule has 0 rings (SSSR count). The van der Waals surface area contributed by atoms with Crippen LogP contribution in [0.1, 0.15) is 33.1 Å². The predicted octanol–water partition coefficient (Wildman–Crippen LogP) is 1.07. The quantitative estimate of drug-likeness (QED) is 0.369. The number of ether oxygens (including phenoxy) is 3. The van der Waals surface area contributed by atoms with Crippen molar-refractivity contribution in [2.75, 3.05) is 20.3 Å². The zero-order valence-electron chi connectivity index (χ0n) is 11.1. The van der Waals surface area contributed by atoms with Crippen LogP contribution in [0.3, 0.4) is 0 Å². The second kappa shape index (κ2) is 9.44. The van der Waals surface area contributed by atoms with E-state index in [0.29, 0.717) is 6.42 Å². The standard InChI is InChI=1S/C12H20O6/c1-4-17-11(14)9(12(15)18-5-2)7-6-8-10(13)16-3/h9H,4-8H2,1-3H3. The normalized spacial score (nSPS) is 10.0. The Hall–Kier alpha value is -1.59. The Bertz CT molecular complexity index is 268.